The van der Waals surface area contributed by atoms with Crippen LogP contribution in [0.3, 0.4) is 0 Å². The summed E-state index contributed by atoms with van der Waals surface area (Å²) in [6.07, 6.45) is 0.323. The third-order valence-corrected chi connectivity index (χ3v) is 5.72. The van der Waals surface area contributed by atoms with Gasteiger partial charge in [-0.05, 0) is 66.9 Å². The van der Waals surface area contributed by atoms with Gasteiger partial charge in [0.05, 0.1) is 25.7 Å². The number of nitrogens with zero attached hydrogens (tertiary/aromatic N) is 1. The van der Waals surface area contributed by atoms with Crippen molar-refractivity contribution in [3.8, 4) is 11.5 Å². The van der Waals surface area contributed by atoms with Crippen LogP contribution in [0.5, 0.6) is 11.5 Å². The second-order valence-corrected chi connectivity index (χ2v) is 8.01. The van der Waals surface area contributed by atoms with Crippen molar-refractivity contribution in [3.05, 3.63) is 87.9 Å². The minimum absolute atomic E-state index is 0.0632. The second kappa shape index (κ2) is 8.92. The second-order valence-electron chi connectivity index (χ2n) is 7.09. The Morgan fingerprint density at radius 1 is 0.933 bits per heavy atom. The molecule has 4 rings (SSSR count). The highest BCUT2D eigenvalue weighted by molar-refractivity contribution is 9.10. The molecular weight excluding hydrogens is 442 g/mol. The molecule has 0 N–H and O–H groups in total. The summed E-state index contributed by atoms with van der Waals surface area (Å²) in [4.78, 5) is 15.2. The van der Waals surface area contributed by atoms with Crippen LogP contribution in [0.4, 0.5) is 5.69 Å². The lowest BCUT2D eigenvalue weighted by Gasteiger charge is -2.38. The third kappa shape index (κ3) is 3.94. The summed E-state index contributed by atoms with van der Waals surface area (Å²) in [5.41, 5.74) is 3.97. The van der Waals surface area contributed by atoms with Gasteiger partial charge in [-0.25, -0.2) is 0 Å². The van der Waals surface area contributed by atoms with Gasteiger partial charge in [0, 0.05) is 10.2 Å². The number of amides is 1. The maximum atomic E-state index is 13.3. The molecule has 3 aromatic rings. The van der Waals surface area contributed by atoms with Gasteiger partial charge in [-0.3, -0.25) is 4.79 Å². The first-order valence-electron chi connectivity index (χ1n) is 10.2. The minimum atomic E-state index is -0.244. The molecule has 5 heteroatoms. The zero-order chi connectivity index (χ0) is 21.1. The highest BCUT2D eigenvalue weighted by Gasteiger charge is 2.35. The molecule has 0 spiro atoms. The fourth-order valence-electron chi connectivity index (χ4n) is 3.95. The molecule has 0 aromatic heterocycles. The molecule has 0 saturated heterocycles. The summed E-state index contributed by atoms with van der Waals surface area (Å²) < 4.78 is 12.7. The molecule has 154 valence electrons. The monoisotopic (exact) mass is 465 g/mol. The topological polar surface area (TPSA) is 38.8 Å². The molecule has 0 fully saturated rings. The van der Waals surface area contributed by atoms with Gasteiger partial charge < -0.3 is 14.4 Å². The van der Waals surface area contributed by atoms with Crippen molar-refractivity contribution >= 4 is 27.5 Å². The third-order valence-electron chi connectivity index (χ3n) is 5.19. The molecule has 1 atom stereocenters. The number of para-hydroxylation sites is 1. The Hall–Kier alpha value is -2.79. The normalized spacial score (nSPS) is 15.6. The number of fused-ring (bicyclic) bond motifs is 1. The lowest BCUT2D eigenvalue weighted by molar-refractivity contribution is -0.118. The molecule has 1 amide bonds. The van der Waals surface area contributed by atoms with Gasteiger partial charge in [0.15, 0.2) is 11.5 Å². The molecule has 0 bridgehead atoms. The number of rotatable bonds is 6. The van der Waals surface area contributed by atoms with Gasteiger partial charge in [-0.1, -0.05) is 46.3 Å². The van der Waals surface area contributed by atoms with E-state index in [1.807, 2.05) is 73.3 Å². The summed E-state index contributed by atoms with van der Waals surface area (Å²) in [6.45, 7) is 4.99. The van der Waals surface area contributed by atoms with E-state index in [0.29, 0.717) is 31.1 Å². The summed E-state index contributed by atoms with van der Waals surface area (Å²) in [6, 6.07) is 21.7. The van der Waals surface area contributed by atoms with Gasteiger partial charge in [0.2, 0.25) is 5.91 Å². The largest absolute Gasteiger partial charge is 0.490 e. The average molecular weight is 466 g/mol. The van der Waals surface area contributed by atoms with Crippen LogP contribution < -0.4 is 14.4 Å². The first kappa shape index (κ1) is 20.5. The Kier molecular flexibility index (Phi) is 6.09. The van der Waals surface area contributed by atoms with E-state index >= 15 is 0 Å². The average Bonchev–Trinajstić information content (AvgIpc) is 2.75. The van der Waals surface area contributed by atoms with E-state index in [-0.39, 0.29) is 11.9 Å². The van der Waals surface area contributed by atoms with Gasteiger partial charge in [0.1, 0.15) is 0 Å². The maximum absolute atomic E-state index is 13.3. The Morgan fingerprint density at radius 2 is 1.57 bits per heavy atom. The van der Waals surface area contributed by atoms with E-state index in [0.717, 1.165) is 26.9 Å². The molecule has 4 nitrogen and oxygen atoms in total. The number of benzene rings is 3. The molecular formula is C25H24BrNO3. The van der Waals surface area contributed by atoms with E-state index in [4.69, 9.17) is 9.47 Å². The molecule has 0 unspecified atom stereocenters. The quantitative estimate of drug-likeness (QED) is 0.453. The van der Waals surface area contributed by atoms with E-state index < -0.39 is 0 Å². The Labute approximate surface area is 185 Å². The van der Waals surface area contributed by atoms with Crippen LogP contribution in [0.1, 0.15) is 36.6 Å². The van der Waals surface area contributed by atoms with Gasteiger partial charge in [0.25, 0.3) is 0 Å². The fraction of sp³-hybridized carbons (Fsp3) is 0.240. The summed E-state index contributed by atoms with van der Waals surface area (Å²) >= 11 is 3.51. The summed E-state index contributed by atoms with van der Waals surface area (Å²) in [5.74, 6) is 1.46. The van der Waals surface area contributed by atoms with Crippen molar-refractivity contribution in [2.45, 2.75) is 26.3 Å². The van der Waals surface area contributed by atoms with Crippen LogP contribution in [0.2, 0.25) is 0 Å². The molecule has 0 radical (unpaired) electrons. The molecule has 30 heavy (non-hydrogen) atoms. The van der Waals surface area contributed by atoms with Crippen molar-refractivity contribution in [1.29, 1.82) is 0 Å². The number of halogens is 1. The van der Waals surface area contributed by atoms with Crippen molar-refractivity contribution in [1.82, 2.24) is 0 Å². The molecule has 3 aromatic carbocycles. The van der Waals surface area contributed by atoms with Crippen molar-refractivity contribution in [2.75, 3.05) is 18.1 Å². The number of hydrogen-bond acceptors (Lipinski definition) is 3. The molecule has 0 saturated carbocycles. The zero-order valence-electron chi connectivity index (χ0n) is 17.1. The van der Waals surface area contributed by atoms with Crippen LogP contribution >= 0.6 is 15.9 Å². The Bertz CT molecular complexity index is 1030. The van der Waals surface area contributed by atoms with Crippen molar-refractivity contribution < 1.29 is 14.3 Å². The van der Waals surface area contributed by atoms with Crippen LogP contribution in [-0.2, 0) is 11.2 Å². The number of carbonyl (C=O) groups is 1. The number of ether oxygens (including phenoxy) is 2. The molecule has 0 aliphatic carbocycles. The highest BCUT2D eigenvalue weighted by atomic mass is 79.9. The zero-order valence-corrected chi connectivity index (χ0v) is 18.7. The van der Waals surface area contributed by atoms with Crippen LogP contribution in [0, 0.1) is 0 Å². The van der Waals surface area contributed by atoms with Gasteiger partial charge >= 0.3 is 0 Å². The minimum Gasteiger partial charge on any atom is -0.490 e. The number of hydrogen-bond donors (Lipinski definition) is 0. The van der Waals surface area contributed by atoms with Crippen LogP contribution in [0.25, 0.3) is 0 Å². The fourth-order valence-corrected chi connectivity index (χ4v) is 4.21. The standard InChI is InChI=1S/C25H24BrNO3/c1-3-29-22-14-18-15-24(28)27(20-8-6-5-7-9-20)25(17-10-12-19(26)13-11-17)21(18)16-23(22)30-4-2/h5-14,16,25H,3-4,15H2,1-2H3/t25-/m0/s1. The van der Waals surface area contributed by atoms with E-state index in [9.17, 15) is 4.79 Å². The van der Waals surface area contributed by atoms with Gasteiger partial charge in [-0.2, -0.15) is 0 Å². The number of anilines is 1. The number of carbonyl (C=O) groups excluding carboxylic acids is 1. The lowest BCUT2D eigenvalue weighted by atomic mass is 9.87. The molecule has 1 heterocycles. The smallest absolute Gasteiger partial charge is 0.232 e. The van der Waals surface area contributed by atoms with E-state index in [2.05, 4.69) is 28.1 Å². The SMILES string of the molecule is CCOc1cc2c(cc1OCC)[C@H](c1ccc(Br)cc1)N(c1ccccc1)C(=O)C2. The highest BCUT2D eigenvalue weighted by Crippen LogP contribution is 2.43. The molecule has 1 aliphatic heterocycles. The summed E-state index contributed by atoms with van der Waals surface area (Å²) in [7, 11) is 0. The molecule has 1 aliphatic rings. The van der Waals surface area contributed by atoms with E-state index in [1.165, 1.54) is 0 Å². The van der Waals surface area contributed by atoms with Crippen molar-refractivity contribution in [2.24, 2.45) is 0 Å². The van der Waals surface area contributed by atoms with Crippen LogP contribution in [-0.4, -0.2) is 19.1 Å². The lowest BCUT2D eigenvalue weighted by Crippen LogP contribution is -2.41. The Balaban J connectivity index is 1.92. The first-order valence-corrected chi connectivity index (χ1v) is 11.0. The Morgan fingerprint density at radius 3 is 2.20 bits per heavy atom. The summed E-state index contributed by atoms with van der Waals surface area (Å²) in [5, 5.41) is 0. The van der Waals surface area contributed by atoms with Gasteiger partial charge in [-0.15, -0.1) is 0 Å². The predicted molar refractivity (Wildman–Crippen MR) is 122 cm³/mol. The van der Waals surface area contributed by atoms with E-state index in [1.54, 1.807) is 0 Å². The maximum Gasteiger partial charge on any atom is 0.232 e. The van der Waals surface area contributed by atoms with Crippen molar-refractivity contribution in [3.63, 3.8) is 0 Å². The first-order chi connectivity index (χ1) is 14.6. The van der Waals surface area contributed by atoms with Crippen LogP contribution in [0.15, 0.2) is 71.2 Å². The predicted octanol–water partition coefficient (Wildman–Crippen LogP) is 5.93.